The van der Waals surface area contributed by atoms with Gasteiger partial charge in [0.05, 0.1) is 18.2 Å². The molecule has 0 bridgehead atoms. The normalized spacial score (nSPS) is 22.2. The molecule has 122 valence electrons. The number of hydrogen-bond donors (Lipinski definition) is 2. The Kier molecular flexibility index (Phi) is 4.48. The minimum absolute atomic E-state index is 0.0413. The lowest BCUT2D eigenvalue weighted by molar-refractivity contribution is 0.0438. The second-order valence-electron chi connectivity index (χ2n) is 6.12. The zero-order valence-electron chi connectivity index (χ0n) is 13.5. The quantitative estimate of drug-likeness (QED) is 0.803. The summed E-state index contributed by atoms with van der Waals surface area (Å²) >= 11 is 0. The molecular weight excluding hydrogens is 292 g/mol. The molecule has 0 aromatic heterocycles. The third kappa shape index (κ3) is 3.15. The van der Waals surface area contributed by atoms with Gasteiger partial charge in [-0.15, -0.1) is 0 Å². The van der Waals surface area contributed by atoms with Crippen LogP contribution in [0.25, 0.3) is 0 Å². The molecule has 0 saturated carbocycles. The Labute approximate surface area is 135 Å². The van der Waals surface area contributed by atoms with Gasteiger partial charge >= 0.3 is 0 Å². The molecule has 2 aromatic carbocycles. The van der Waals surface area contributed by atoms with Crippen LogP contribution in [0, 0.1) is 0 Å². The number of nitrogens with one attached hydrogen (secondary N) is 2. The Bertz CT molecular complexity index is 734. The number of rotatable bonds is 6. The smallest absolute Gasteiger partial charge is 0.253 e. The monoisotopic (exact) mass is 314 g/mol. The summed E-state index contributed by atoms with van der Waals surface area (Å²) < 4.78 is 5.90. The zero-order valence-corrected chi connectivity index (χ0v) is 13.5. The molecule has 1 fully saturated rings. The Morgan fingerprint density at radius 1 is 1.13 bits per heavy atom. The number of ether oxygens (including phenoxy) is 1. The molecule has 23 heavy (non-hydrogen) atoms. The summed E-state index contributed by atoms with van der Waals surface area (Å²) in [7, 11) is 0. The molecule has 1 heterocycles. The third-order valence-corrected chi connectivity index (χ3v) is 4.44. The minimum atomic E-state index is -0.466. The molecule has 2 aromatic rings. The molecule has 0 spiro atoms. The topological polar surface area (TPSA) is 67.4 Å². The van der Waals surface area contributed by atoms with Gasteiger partial charge in [-0.1, -0.05) is 25.1 Å². The summed E-state index contributed by atoms with van der Waals surface area (Å²) in [6.45, 7) is 4.12. The summed E-state index contributed by atoms with van der Waals surface area (Å²) in [5.41, 5.74) is 0.612. The Balaban J connectivity index is 1.76. The number of benzene rings is 1. The van der Waals surface area contributed by atoms with Crippen LogP contribution in [-0.4, -0.2) is 18.2 Å². The van der Waals surface area contributed by atoms with Crippen molar-refractivity contribution >= 4 is 17.1 Å². The molecule has 0 amide bonds. The first-order chi connectivity index (χ1) is 11.1. The van der Waals surface area contributed by atoms with Gasteiger partial charge in [0.1, 0.15) is 11.4 Å². The molecule has 0 aliphatic carbocycles. The predicted octanol–water partition coefficient (Wildman–Crippen LogP) is 2.78. The van der Waals surface area contributed by atoms with Crippen molar-refractivity contribution in [3.63, 3.8) is 0 Å². The van der Waals surface area contributed by atoms with E-state index in [1.165, 1.54) is 0 Å². The molecule has 3 atom stereocenters. The molecule has 3 rings (SSSR count). The summed E-state index contributed by atoms with van der Waals surface area (Å²) in [4.78, 5) is 23.8. The van der Waals surface area contributed by atoms with Gasteiger partial charge in [0.25, 0.3) is 10.9 Å². The molecule has 5 nitrogen and oxygen atoms in total. The Hall–Kier alpha value is -2.14. The van der Waals surface area contributed by atoms with Gasteiger partial charge in [0, 0.05) is 5.69 Å². The van der Waals surface area contributed by atoms with Gasteiger partial charge in [-0.05, 0) is 38.3 Å². The Morgan fingerprint density at radius 2 is 1.83 bits per heavy atom. The fraction of sp³-hybridized carbons (Fsp3) is 0.444. The van der Waals surface area contributed by atoms with Crippen molar-refractivity contribution < 1.29 is 4.74 Å². The van der Waals surface area contributed by atoms with E-state index in [0.29, 0.717) is 11.4 Å². The van der Waals surface area contributed by atoms with Crippen LogP contribution in [-0.2, 0) is 4.74 Å². The lowest BCUT2D eigenvalue weighted by Crippen LogP contribution is -2.42. The predicted molar refractivity (Wildman–Crippen MR) is 92.3 cm³/mol. The fourth-order valence-electron chi connectivity index (χ4n) is 3.09. The molecule has 1 aliphatic rings. The maximum atomic E-state index is 11.9. The van der Waals surface area contributed by atoms with Crippen LogP contribution in [0.4, 0.5) is 17.1 Å². The molecule has 2 N–H and O–H groups in total. The van der Waals surface area contributed by atoms with Gasteiger partial charge in [-0.3, -0.25) is 9.59 Å². The van der Waals surface area contributed by atoms with Crippen LogP contribution >= 0.6 is 0 Å². The highest BCUT2D eigenvalue weighted by Gasteiger charge is 2.31. The average molecular weight is 314 g/mol. The van der Waals surface area contributed by atoms with E-state index in [2.05, 4.69) is 24.5 Å². The van der Waals surface area contributed by atoms with E-state index in [1.54, 1.807) is 0 Å². The van der Waals surface area contributed by atoms with E-state index in [4.69, 9.17) is 4.74 Å². The van der Waals surface area contributed by atoms with Crippen molar-refractivity contribution in [3.05, 3.63) is 50.8 Å². The first-order valence-electron chi connectivity index (χ1n) is 8.17. The number of hydrogen-bond acceptors (Lipinski definition) is 5. The van der Waals surface area contributed by atoms with E-state index < -0.39 is 10.9 Å². The Morgan fingerprint density at radius 3 is 2.43 bits per heavy atom. The summed E-state index contributed by atoms with van der Waals surface area (Å²) in [6.07, 6.45) is 3.18. The highest BCUT2D eigenvalue weighted by atomic mass is 16.5. The second kappa shape index (κ2) is 6.54. The standard InChI is InChI=1S/C18H22N2O3/c1-3-13(14-10-9-11(2)23-14)20-16-15(17(21)18(16)22)19-12-7-5-4-6-8-12/h4-8,11,13-14,19-20H,3,9-10H2,1-2H3/t11-,13-,14-/m1/s1. The van der Waals surface area contributed by atoms with E-state index in [1.807, 2.05) is 30.3 Å². The molecule has 1 aliphatic heterocycles. The van der Waals surface area contributed by atoms with Crippen LogP contribution in [0.3, 0.4) is 0 Å². The fourth-order valence-corrected chi connectivity index (χ4v) is 3.09. The first-order valence-corrected chi connectivity index (χ1v) is 8.17. The molecular formula is C18H22N2O3. The largest absolute Gasteiger partial charge is 0.375 e. The van der Waals surface area contributed by atoms with Gasteiger partial charge in [-0.25, -0.2) is 0 Å². The van der Waals surface area contributed by atoms with E-state index in [0.717, 1.165) is 24.9 Å². The van der Waals surface area contributed by atoms with Crippen LogP contribution in [0.5, 0.6) is 0 Å². The van der Waals surface area contributed by atoms with Crippen LogP contribution in [0.1, 0.15) is 33.1 Å². The second-order valence-corrected chi connectivity index (χ2v) is 6.12. The number of para-hydroxylation sites is 1. The van der Waals surface area contributed by atoms with Gasteiger partial charge < -0.3 is 15.4 Å². The van der Waals surface area contributed by atoms with Crippen LogP contribution in [0.15, 0.2) is 39.9 Å². The van der Waals surface area contributed by atoms with Gasteiger partial charge in [0.2, 0.25) is 0 Å². The molecule has 1 saturated heterocycles. The minimum Gasteiger partial charge on any atom is -0.375 e. The highest BCUT2D eigenvalue weighted by molar-refractivity contribution is 5.78. The van der Waals surface area contributed by atoms with Crippen LogP contribution in [0.2, 0.25) is 0 Å². The van der Waals surface area contributed by atoms with Crippen molar-refractivity contribution in [1.82, 2.24) is 0 Å². The maximum Gasteiger partial charge on any atom is 0.253 e. The van der Waals surface area contributed by atoms with Crippen LogP contribution < -0.4 is 21.5 Å². The average Bonchev–Trinajstić information content (AvgIpc) is 3.01. The van der Waals surface area contributed by atoms with Gasteiger partial charge in [-0.2, -0.15) is 0 Å². The molecule has 0 radical (unpaired) electrons. The lowest BCUT2D eigenvalue weighted by atomic mass is 10.0. The van der Waals surface area contributed by atoms with Crippen molar-refractivity contribution in [2.24, 2.45) is 0 Å². The molecule has 5 heteroatoms. The SMILES string of the molecule is CC[C@@H](Nc1c(Nc2ccccc2)c(=O)c1=O)[C@H]1CC[C@@H](C)O1. The van der Waals surface area contributed by atoms with E-state index in [-0.39, 0.29) is 18.2 Å². The van der Waals surface area contributed by atoms with Gasteiger partial charge in [0.15, 0.2) is 0 Å². The summed E-state index contributed by atoms with van der Waals surface area (Å²) in [6, 6.07) is 9.42. The maximum absolute atomic E-state index is 11.9. The van der Waals surface area contributed by atoms with E-state index >= 15 is 0 Å². The number of anilines is 3. The zero-order chi connectivity index (χ0) is 16.4. The first kappa shape index (κ1) is 15.7. The van der Waals surface area contributed by atoms with Crippen molar-refractivity contribution in [3.8, 4) is 0 Å². The highest BCUT2D eigenvalue weighted by Crippen LogP contribution is 2.27. The van der Waals surface area contributed by atoms with Crippen molar-refractivity contribution in [1.29, 1.82) is 0 Å². The van der Waals surface area contributed by atoms with Crippen molar-refractivity contribution in [2.45, 2.75) is 51.4 Å². The third-order valence-electron chi connectivity index (χ3n) is 4.44. The van der Waals surface area contributed by atoms with E-state index in [9.17, 15) is 9.59 Å². The summed E-state index contributed by atoms with van der Waals surface area (Å²) in [5, 5.41) is 6.28. The lowest BCUT2D eigenvalue weighted by Gasteiger charge is -2.26. The summed E-state index contributed by atoms with van der Waals surface area (Å²) in [5.74, 6) is 0. The molecule has 0 unspecified atom stereocenters. The van der Waals surface area contributed by atoms with Crippen molar-refractivity contribution in [2.75, 3.05) is 10.6 Å².